The number of hydrogen-bond acceptors (Lipinski definition) is 5. The molecular formula is C14H11N5O2S. The zero-order chi connectivity index (χ0) is 15.4. The zero-order valence-electron chi connectivity index (χ0n) is 11.8. The minimum atomic E-state index is -0.408. The molecule has 0 amide bonds. The summed E-state index contributed by atoms with van der Waals surface area (Å²) in [4.78, 5) is 20.4. The maximum atomic E-state index is 11.5. The van der Waals surface area contributed by atoms with Crippen LogP contribution in [0, 0.1) is 24.0 Å². The molecule has 0 bridgehead atoms. The number of fused-ring (bicyclic) bond motifs is 2. The summed E-state index contributed by atoms with van der Waals surface area (Å²) in [5.41, 5.74) is 3.86. The van der Waals surface area contributed by atoms with E-state index in [0.717, 1.165) is 22.2 Å². The van der Waals surface area contributed by atoms with Gasteiger partial charge in [-0.05, 0) is 42.0 Å². The largest absolute Gasteiger partial charge is 0.373 e. The molecule has 0 fully saturated rings. The monoisotopic (exact) mass is 313 g/mol. The summed E-state index contributed by atoms with van der Waals surface area (Å²) in [7, 11) is 0. The summed E-state index contributed by atoms with van der Waals surface area (Å²) in [6.07, 6.45) is 3.24. The Bertz CT molecular complexity index is 1040. The van der Waals surface area contributed by atoms with Gasteiger partial charge in [-0.25, -0.2) is 4.98 Å². The average Bonchev–Trinajstić information content (AvgIpc) is 3.11. The van der Waals surface area contributed by atoms with Crippen LogP contribution in [-0.2, 0) is 0 Å². The lowest BCUT2D eigenvalue weighted by Crippen LogP contribution is -2.00. The second-order valence-corrected chi connectivity index (χ2v) is 5.98. The van der Waals surface area contributed by atoms with Crippen molar-refractivity contribution in [3.05, 3.63) is 51.3 Å². The smallest absolute Gasteiger partial charge is 0.358 e. The van der Waals surface area contributed by atoms with Crippen molar-refractivity contribution < 1.29 is 4.92 Å². The quantitative estimate of drug-likeness (QED) is 0.420. The summed E-state index contributed by atoms with van der Waals surface area (Å²) in [6.45, 7) is 4.02. The molecule has 8 heteroatoms. The second-order valence-electron chi connectivity index (χ2n) is 5.11. The van der Waals surface area contributed by atoms with Crippen LogP contribution in [0.4, 0.5) is 5.82 Å². The highest BCUT2D eigenvalue weighted by Gasteiger charge is 2.26. The van der Waals surface area contributed by atoms with Gasteiger partial charge in [-0.3, -0.25) is 4.57 Å². The Balaban J connectivity index is 2.07. The van der Waals surface area contributed by atoms with Crippen molar-refractivity contribution in [3.63, 3.8) is 0 Å². The number of nitrogens with zero attached hydrogens (tertiary/aromatic N) is 5. The van der Waals surface area contributed by atoms with E-state index < -0.39 is 4.92 Å². The molecule has 1 aromatic carbocycles. The minimum absolute atomic E-state index is 0.0474. The Morgan fingerprint density at radius 1 is 1.27 bits per heavy atom. The number of nitro groups is 1. The molecule has 0 aliphatic heterocycles. The minimum Gasteiger partial charge on any atom is -0.358 e. The maximum absolute atomic E-state index is 11.5. The zero-order valence-corrected chi connectivity index (χ0v) is 12.7. The molecule has 0 spiro atoms. The lowest BCUT2D eigenvalue weighted by molar-refractivity contribution is -0.390. The van der Waals surface area contributed by atoms with E-state index in [9.17, 15) is 10.1 Å². The van der Waals surface area contributed by atoms with Crippen LogP contribution in [0.5, 0.6) is 0 Å². The molecule has 110 valence electrons. The van der Waals surface area contributed by atoms with Gasteiger partial charge >= 0.3 is 5.82 Å². The van der Waals surface area contributed by atoms with Gasteiger partial charge in [0.15, 0.2) is 0 Å². The Labute approximate surface area is 128 Å². The highest BCUT2D eigenvalue weighted by atomic mass is 32.1. The lowest BCUT2D eigenvalue weighted by atomic mass is 10.1. The molecule has 3 heterocycles. The molecule has 0 saturated heterocycles. The molecule has 7 nitrogen and oxygen atoms in total. The van der Waals surface area contributed by atoms with E-state index in [4.69, 9.17) is 0 Å². The van der Waals surface area contributed by atoms with Gasteiger partial charge < -0.3 is 10.1 Å². The van der Waals surface area contributed by atoms with Crippen LogP contribution in [0.2, 0.25) is 0 Å². The molecule has 4 aromatic rings. The van der Waals surface area contributed by atoms with Gasteiger partial charge in [-0.2, -0.15) is 9.38 Å². The third-order valence-corrected chi connectivity index (χ3v) is 4.54. The number of hydrogen-bond donors (Lipinski definition) is 0. The van der Waals surface area contributed by atoms with Crippen molar-refractivity contribution in [3.8, 4) is 5.82 Å². The first kappa shape index (κ1) is 13.0. The number of thiazole rings is 1. The van der Waals surface area contributed by atoms with Crippen LogP contribution >= 0.6 is 11.3 Å². The fourth-order valence-electron chi connectivity index (χ4n) is 2.53. The molecule has 0 radical (unpaired) electrons. The van der Waals surface area contributed by atoms with Crippen LogP contribution in [0.15, 0.2) is 30.0 Å². The van der Waals surface area contributed by atoms with Crippen molar-refractivity contribution in [2.75, 3.05) is 0 Å². The third-order valence-electron chi connectivity index (χ3n) is 3.78. The molecule has 3 aromatic heterocycles. The van der Waals surface area contributed by atoms with E-state index in [2.05, 4.69) is 9.97 Å². The number of imidazole rings is 2. The van der Waals surface area contributed by atoms with Gasteiger partial charge in [-0.15, -0.1) is 0 Å². The molecule has 0 unspecified atom stereocenters. The predicted molar refractivity (Wildman–Crippen MR) is 83.8 cm³/mol. The highest BCUT2D eigenvalue weighted by molar-refractivity contribution is 7.15. The van der Waals surface area contributed by atoms with Crippen LogP contribution in [0.1, 0.15) is 11.1 Å². The molecule has 0 N–H and O–H groups in total. The summed E-state index contributed by atoms with van der Waals surface area (Å²) in [5, 5.41) is 13.2. The fourth-order valence-corrected chi connectivity index (χ4v) is 3.23. The van der Waals surface area contributed by atoms with Crippen LogP contribution in [0.25, 0.3) is 21.8 Å². The van der Waals surface area contributed by atoms with E-state index in [-0.39, 0.29) is 5.82 Å². The Morgan fingerprint density at radius 3 is 2.82 bits per heavy atom. The SMILES string of the molecule is Cc1cc2ncn(-c3nc4sccn4c3[N+](=O)[O-])c2cc1C. The van der Waals surface area contributed by atoms with Crippen molar-refractivity contribution in [2.24, 2.45) is 0 Å². The third kappa shape index (κ3) is 1.67. The number of aromatic nitrogens is 4. The Kier molecular flexibility index (Phi) is 2.58. The Morgan fingerprint density at radius 2 is 2.05 bits per heavy atom. The first-order chi connectivity index (χ1) is 10.6. The van der Waals surface area contributed by atoms with Gasteiger partial charge in [0, 0.05) is 5.38 Å². The Hall–Kier alpha value is -2.74. The normalized spacial score (nSPS) is 11.5. The molecule has 22 heavy (non-hydrogen) atoms. The van der Waals surface area contributed by atoms with Crippen molar-refractivity contribution in [1.82, 2.24) is 18.9 Å². The molecule has 0 aliphatic rings. The van der Waals surface area contributed by atoms with Gasteiger partial charge in [0.1, 0.15) is 12.5 Å². The lowest BCUT2D eigenvalue weighted by Gasteiger charge is -2.03. The van der Waals surface area contributed by atoms with Gasteiger partial charge in [0.25, 0.3) is 4.96 Å². The molecular weight excluding hydrogens is 302 g/mol. The van der Waals surface area contributed by atoms with Gasteiger partial charge in [0.05, 0.1) is 11.0 Å². The van der Waals surface area contributed by atoms with Gasteiger partial charge in [-0.1, -0.05) is 11.3 Å². The number of aryl methyl sites for hydroxylation is 2. The predicted octanol–water partition coefficient (Wildman–Crippen LogP) is 3.26. The van der Waals surface area contributed by atoms with E-state index >= 15 is 0 Å². The van der Waals surface area contributed by atoms with Crippen molar-refractivity contribution >= 4 is 33.1 Å². The van der Waals surface area contributed by atoms with E-state index in [1.165, 1.54) is 15.7 Å². The number of benzene rings is 1. The summed E-state index contributed by atoms with van der Waals surface area (Å²) >= 11 is 1.36. The molecule has 0 atom stereocenters. The first-order valence-electron chi connectivity index (χ1n) is 6.61. The van der Waals surface area contributed by atoms with E-state index in [1.54, 1.807) is 22.5 Å². The summed E-state index contributed by atoms with van der Waals surface area (Å²) in [5.74, 6) is 0.247. The standard InChI is InChI=1S/C14H11N5O2S/c1-8-5-10-11(6-9(8)2)18(7-15-10)12-13(19(20)21)17-3-4-22-14(17)16-12/h3-7H,1-2H3. The number of rotatable bonds is 2. The fraction of sp³-hybridized carbons (Fsp3) is 0.143. The van der Waals surface area contributed by atoms with E-state index in [0.29, 0.717) is 10.8 Å². The van der Waals surface area contributed by atoms with Crippen LogP contribution in [-0.4, -0.2) is 23.9 Å². The summed E-state index contributed by atoms with van der Waals surface area (Å²) in [6, 6.07) is 3.96. The highest BCUT2D eigenvalue weighted by Crippen LogP contribution is 2.30. The van der Waals surface area contributed by atoms with Crippen molar-refractivity contribution in [2.45, 2.75) is 13.8 Å². The average molecular weight is 313 g/mol. The second kappa shape index (κ2) is 4.38. The molecule has 4 rings (SSSR count). The van der Waals surface area contributed by atoms with E-state index in [1.807, 2.05) is 26.0 Å². The topological polar surface area (TPSA) is 78.3 Å². The first-order valence-corrected chi connectivity index (χ1v) is 7.49. The van der Waals surface area contributed by atoms with Gasteiger partial charge in [0.2, 0.25) is 5.82 Å². The maximum Gasteiger partial charge on any atom is 0.373 e. The van der Waals surface area contributed by atoms with Crippen molar-refractivity contribution in [1.29, 1.82) is 0 Å². The summed E-state index contributed by atoms with van der Waals surface area (Å²) < 4.78 is 3.17. The van der Waals surface area contributed by atoms with Crippen LogP contribution in [0.3, 0.4) is 0 Å². The molecule has 0 aliphatic carbocycles. The molecule has 0 saturated carbocycles. The van der Waals surface area contributed by atoms with Crippen LogP contribution < -0.4 is 0 Å².